The molecule has 3 aromatic rings. The van der Waals surface area contributed by atoms with Gasteiger partial charge in [-0.2, -0.15) is 0 Å². The maximum Gasteiger partial charge on any atom is 0.269 e. The standard InChI is InChI=1S/C23H17F2N3O4/c1-14-22(29)26(13-15-9-11-16(12-10-15)28(31)32)19-7-2-3-8-20(19)27(14)23(30)21-17(24)5-4-6-18(21)25/h2-12,14H,13H2,1H3/t14-/m0/s1. The molecule has 2 amide bonds. The first-order valence-corrected chi connectivity index (χ1v) is 9.71. The Morgan fingerprint density at radius 2 is 1.56 bits per heavy atom. The first-order valence-electron chi connectivity index (χ1n) is 9.71. The molecule has 1 heterocycles. The van der Waals surface area contributed by atoms with E-state index in [1.165, 1.54) is 24.0 Å². The second-order valence-corrected chi connectivity index (χ2v) is 7.28. The molecule has 0 radical (unpaired) electrons. The van der Waals surface area contributed by atoms with E-state index in [9.17, 15) is 28.5 Å². The molecule has 1 atom stereocenters. The van der Waals surface area contributed by atoms with E-state index < -0.39 is 40.0 Å². The number of nitro benzene ring substituents is 1. The topological polar surface area (TPSA) is 83.8 Å². The van der Waals surface area contributed by atoms with E-state index in [0.29, 0.717) is 16.9 Å². The molecule has 32 heavy (non-hydrogen) atoms. The molecular weight excluding hydrogens is 420 g/mol. The number of para-hydroxylation sites is 2. The van der Waals surface area contributed by atoms with Crippen molar-refractivity contribution in [1.82, 2.24) is 0 Å². The Kier molecular flexibility index (Phi) is 5.40. The number of benzene rings is 3. The van der Waals surface area contributed by atoms with Gasteiger partial charge in [0, 0.05) is 12.1 Å². The largest absolute Gasteiger partial charge is 0.304 e. The lowest BCUT2D eigenvalue weighted by Crippen LogP contribution is -2.54. The van der Waals surface area contributed by atoms with Gasteiger partial charge in [-0.15, -0.1) is 0 Å². The van der Waals surface area contributed by atoms with Gasteiger partial charge in [0.15, 0.2) is 0 Å². The van der Waals surface area contributed by atoms with Crippen LogP contribution in [0.2, 0.25) is 0 Å². The van der Waals surface area contributed by atoms with Crippen molar-refractivity contribution in [3.8, 4) is 0 Å². The van der Waals surface area contributed by atoms with Crippen molar-refractivity contribution in [1.29, 1.82) is 0 Å². The van der Waals surface area contributed by atoms with Gasteiger partial charge in [-0.25, -0.2) is 8.78 Å². The molecule has 0 unspecified atom stereocenters. The zero-order chi connectivity index (χ0) is 23.0. The molecule has 7 nitrogen and oxygen atoms in total. The fraction of sp³-hybridized carbons (Fsp3) is 0.130. The second-order valence-electron chi connectivity index (χ2n) is 7.28. The summed E-state index contributed by atoms with van der Waals surface area (Å²) < 4.78 is 28.6. The Labute approximate surface area is 181 Å². The fourth-order valence-electron chi connectivity index (χ4n) is 3.74. The Morgan fingerprint density at radius 1 is 0.969 bits per heavy atom. The molecule has 0 saturated carbocycles. The molecule has 0 bridgehead atoms. The van der Waals surface area contributed by atoms with E-state index in [1.807, 2.05) is 0 Å². The molecule has 3 aromatic carbocycles. The lowest BCUT2D eigenvalue weighted by molar-refractivity contribution is -0.384. The molecule has 4 rings (SSSR count). The molecule has 9 heteroatoms. The average Bonchev–Trinajstić information content (AvgIpc) is 2.77. The summed E-state index contributed by atoms with van der Waals surface area (Å²) in [5.41, 5.74) is 0.557. The lowest BCUT2D eigenvalue weighted by Gasteiger charge is -2.40. The number of nitrogens with zero attached hydrogens (tertiary/aromatic N) is 3. The first-order chi connectivity index (χ1) is 15.3. The summed E-state index contributed by atoms with van der Waals surface area (Å²) in [6.07, 6.45) is 0. The highest BCUT2D eigenvalue weighted by Crippen LogP contribution is 2.38. The number of anilines is 2. The lowest BCUT2D eigenvalue weighted by atomic mass is 10.0. The van der Waals surface area contributed by atoms with Crippen molar-refractivity contribution in [2.24, 2.45) is 0 Å². The minimum atomic E-state index is -1.03. The molecule has 0 spiro atoms. The fourth-order valence-corrected chi connectivity index (χ4v) is 3.74. The summed E-state index contributed by atoms with van der Waals surface area (Å²) in [7, 11) is 0. The van der Waals surface area contributed by atoms with Gasteiger partial charge in [-0.3, -0.25) is 24.6 Å². The van der Waals surface area contributed by atoms with E-state index in [4.69, 9.17) is 0 Å². The van der Waals surface area contributed by atoms with Crippen molar-refractivity contribution < 1.29 is 23.3 Å². The van der Waals surface area contributed by atoms with Gasteiger partial charge in [-0.1, -0.05) is 30.3 Å². The molecule has 0 fully saturated rings. The van der Waals surface area contributed by atoms with Crippen LogP contribution in [-0.2, 0) is 11.3 Å². The van der Waals surface area contributed by atoms with E-state index >= 15 is 0 Å². The summed E-state index contributed by atoms with van der Waals surface area (Å²) in [5.74, 6) is -3.43. The number of fused-ring (bicyclic) bond motifs is 1. The van der Waals surface area contributed by atoms with Crippen LogP contribution in [0.5, 0.6) is 0 Å². The summed E-state index contributed by atoms with van der Waals surface area (Å²) in [6.45, 7) is 1.59. The van der Waals surface area contributed by atoms with Crippen LogP contribution >= 0.6 is 0 Å². The van der Waals surface area contributed by atoms with E-state index in [1.54, 1.807) is 36.4 Å². The van der Waals surface area contributed by atoms with Crippen LogP contribution in [0, 0.1) is 21.7 Å². The highest BCUT2D eigenvalue weighted by atomic mass is 19.1. The van der Waals surface area contributed by atoms with Crippen LogP contribution < -0.4 is 9.80 Å². The van der Waals surface area contributed by atoms with Gasteiger partial charge < -0.3 is 4.90 Å². The van der Waals surface area contributed by atoms with Gasteiger partial charge in [0.2, 0.25) is 5.91 Å². The highest BCUT2D eigenvalue weighted by Gasteiger charge is 2.40. The third-order valence-corrected chi connectivity index (χ3v) is 5.33. The van der Waals surface area contributed by atoms with Crippen LogP contribution in [0.1, 0.15) is 22.8 Å². The van der Waals surface area contributed by atoms with E-state index in [2.05, 4.69) is 0 Å². The van der Waals surface area contributed by atoms with Crippen LogP contribution in [0.3, 0.4) is 0 Å². The molecule has 1 aliphatic heterocycles. The Bertz CT molecular complexity index is 1210. The van der Waals surface area contributed by atoms with Crippen molar-refractivity contribution in [3.05, 3.63) is 99.6 Å². The minimum absolute atomic E-state index is 0.0730. The quantitative estimate of drug-likeness (QED) is 0.446. The normalized spacial score (nSPS) is 15.5. The highest BCUT2D eigenvalue weighted by molar-refractivity contribution is 6.17. The monoisotopic (exact) mass is 437 g/mol. The Hall–Kier alpha value is -4.14. The van der Waals surface area contributed by atoms with Gasteiger partial charge in [-0.05, 0) is 36.8 Å². The molecule has 0 aliphatic carbocycles. The summed E-state index contributed by atoms with van der Waals surface area (Å²) >= 11 is 0. The maximum absolute atomic E-state index is 14.3. The van der Waals surface area contributed by atoms with E-state index in [-0.39, 0.29) is 12.2 Å². The number of carbonyl (C=O) groups is 2. The predicted octanol–water partition coefficient (Wildman–Crippen LogP) is 4.46. The number of rotatable bonds is 4. The predicted molar refractivity (Wildman–Crippen MR) is 113 cm³/mol. The average molecular weight is 437 g/mol. The maximum atomic E-state index is 14.3. The SMILES string of the molecule is C[C@H]1C(=O)N(Cc2ccc([N+](=O)[O-])cc2)c2ccccc2N1C(=O)c1c(F)cccc1F. The van der Waals surface area contributed by atoms with Gasteiger partial charge in [0.1, 0.15) is 23.2 Å². The number of non-ortho nitro benzene ring substituents is 1. The number of carbonyl (C=O) groups excluding carboxylic acids is 2. The van der Waals surface area contributed by atoms with Crippen LogP contribution in [-0.4, -0.2) is 22.8 Å². The number of hydrogen-bond donors (Lipinski definition) is 0. The molecule has 0 saturated heterocycles. The minimum Gasteiger partial charge on any atom is -0.304 e. The van der Waals surface area contributed by atoms with Crippen molar-refractivity contribution >= 4 is 28.9 Å². The Morgan fingerprint density at radius 3 is 2.16 bits per heavy atom. The van der Waals surface area contributed by atoms with Gasteiger partial charge >= 0.3 is 0 Å². The number of hydrogen-bond acceptors (Lipinski definition) is 4. The number of nitro groups is 1. The first kappa shape index (κ1) is 21.1. The van der Waals surface area contributed by atoms with Crippen molar-refractivity contribution in [2.45, 2.75) is 19.5 Å². The summed E-state index contributed by atoms with van der Waals surface area (Å²) in [6, 6.07) is 14.4. The molecular formula is C23H17F2N3O4. The molecule has 1 aliphatic rings. The second kappa shape index (κ2) is 8.18. The molecule has 0 aromatic heterocycles. The van der Waals surface area contributed by atoms with Crippen LogP contribution in [0.15, 0.2) is 66.7 Å². The van der Waals surface area contributed by atoms with E-state index in [0.717, 1.165) is 23.1 Å². The third kappa shape index (κ3) is 3.58. The molecule has 162 valence electrons. The van der Waals surface area contributed by atoms with Gasteiger partial charge in [0.05, 0.1) is 22.8 Å². The zero-order valence-corrected chi connectivity index (χ0v) is 16.9. The smallest absolute Gasteiger partial charge is 0.269 e. The third-order valence-electron chi connectivity index (χ3n) is 5.33. The number of halogens is 2. The summed E-state index contributed by atoms with van der Waals surface area (Å²) in [5, 5.41) is 10.9. The Balaban J connectivity index is 1.74. The number of amides is 2. The molecule has 0 N–H and O–H groups in total. The van der Waals surface area contributed by atoms with Crippen molar-refractivity contribution in [3.63, 3.8) is 0 Å². The van der Waals surface area contributed by atoms with Gasteiger partial charge in [0.25, 0.3) is 11.6 Å². The summed E-state index contributed by atoms with van der Waals surface area (Å²) in [4.78, 5) is 39.3. The van der Waals surface area contributed by atoms with Crippen molar-refractivity contribution in [2.75, 3.05) is 9.80 Å². The van der Waals surface area contributed by atoms with Crippen LogP contribution in [0.4, 0.5) is 25.8 Å². The zero-order valence-electron chi connectivity index (χ0n) is 16.9. The van der Waals surface area contributed by atoms with Crippen LogP contribution in [0.25, 0.3) is 0 Å².